The van der Waals surface area contributed by atoms with Crippen molar-refractivity contribution < 1.29 is 4.79 Å². The van der Waals surface area contributed by atoms with Crippen LogP contribution >= 0.6 is 0 Å². The normalized spacial score (nSPS) is 10.9. The zero-order chi connectivity index (χ0) is 13.5. The molecule has 0 saturated heterocycles. The van der Waals surface area contributed by atoms with Crippen LogP contribution in [0.25, 0.3) is 11.1 Å². The van der Waals surface area contributed by atoms with Crippen LogP contribution in [0.4, 0.5) is 0 Å². The number of hydrogen-bond acceptors (Lipinski definition) is 2. The largest absolute Gasteiger partial charge is 0.233 e. The summed E-state index contributed by atoms with van der Waals surface area (Å²) >= 11 is 0. The fourth-order valence-corrected chi connectivity index (χ4v) is 1.86. The van der Waals surface area contributed by atoms with E-state index in [0.29, 0.717) is 11.1 Å². The lowest BCUT2D eigenvalue weighted by atomic mass is 9.95. The standard InChI is InChI=1S/C17H11NO/c18-13-17(15-9-5-2-6-10-15)16(11-12-19)14-7-3-1-4-8-14/h1-11H/b17-16+. The summed E-state index contributed by atoms with van der Waals surface area (Å²) in [6, 6.07) is 20.8. The lowest BCUT2D eigenvalue weighted by Gasteiger charge is -2.06. The molecule has 0 aromatic heterocycles. The highest BCUT2D eigenvalue weighted by Gasteiger charge is 2.09. The van der Waals surface area contributed by atoms with Crippen LogP contribution < -0.4 is 0 Å². The Bertz CT molecular complexity index is 672. The minimum absolute atomic E-state index is 0.468. The quantitative estimate of drug-likeness (QED) is 0.359. The van der Waals surface area contributed by atoms with Gasteiger partial charge in [0.05, 0.1) is 5.57 Å². The van der Waals surface area contributed by atoms with E-state index in [9.17, 15) is 10.1 Å². The number of allylic oxidation sites excluding steroid dienone is 3. The van der Waals surface area contributed by atoms with Gasteiger partial charge in [-0.3, -0.25) is 0 Å². The first kappa shape index (κ1) is 12.6. The molecule has 2 rings (SSSR count). The minimum atomic E-state index is 0.468. The fraction of sp³-hybridized carbons (Fsp3) is 0. The molecular weight excluding hydrogens is 234 g/mol. The lowest BCUT2D eigenvalue weighted by molar-refractivity contribution is 0.569. The van der Waals surface area contributed by atoms with Crippen LogP contribution in [0, 0.1) is 11.3 Å². The summed E-state index contributed by atoms with van der Waals surface area (Å²) in [6.07, 6.45) is 1.31. The number of benzene rings is 2. The van der Waals surface area contributed by atoms with E-state index < -0.39 is 0 Å². The molecule has 19 heavy (non-hydrogen) atoms. The van der Waals surface area contributed by atoms with Crippen LogP contribution in [0.2, 0.25) is 0 Å². The first-order valence-electron chi connectivity index (χ1n) is 5.83. The third-order valence-electron chi connectivity index (χ3n) is 2.73. The molecule has 0 spiro atoms. The predicted molar refractivity (Wildman–Crippen MR) is 75.6 cm³/mol. The van der Waals surface area contributed by atoms with E-state index in [1.54, 1.807) is 5.94 Å². The van der Waals surface area contributed by atoms with Gasteiger partial charge in [-0.15, -0.1) is 0 Å². The van der Waals surface area contributed by atoms with Crippen LogP contribution in [0.15, 0.2) is 66.7 Å². The highest BCUT2D eigenvalue weighted by molar-refractivity contribution is 6.03. The summed E-state index contributed by atoms with van der Waals surface area (Å²) in [5.41, 5.74) is 2.67. The monoisotopic (exact) mass is 245 g/mol. The molecule has 0 fully saturated rings. The Hall–Kier alpha value is -2.88. The van der Waals surface area contributed by atoms with Gasteiger partial charge in [0.1, 0.15) is 12.0 Å². The molecule has 2 aromatic rings. The molecule has 2 aromatic carbocycles. The summed E-state index contributed by atoms with van der Waals surface area (Å²) in [4.78, 5) is 10.7. The summed E-state index contributed by atoms with van der Waals surface area (Å²) in [5.74, 6) is 1.77. The van der Waals surface area contributed by atoms with Crippen molar-refractivity contribution in [2.24, 2.45) is 0 Å². The van der Waals surface area contributed by atoms with Crippen LogP contribution in [0.3, 0.4) is 0 Å². The third-order valence-corrected chi connectivity index (χ3v) is 2.73. The molecule has 2 nitrogen and oxygen atoms in total. The fourth-order valence-electron chi connectivity index (χ4n) is 1.86. The maximum atomic E-state index is 10.7. The highest BCUT2D eigenvalue weighted by Crippen LogP contribution is 2.26. The molecule has 0 heterocycles. The van der Waals surface area contributed by atoms with Gasteiger partial charge >= 0.3 is 0 Å². The van der Waals surface area contributed by atoms with Gasteiger partial charge in [0.15, 0.2) is 0 Å². The Balaban J connectivity index is 2.68. The van der Waals surface area contributed by atoms with Crippen LogP contribution in [-0.4, -0.2) is 5.94 Å². The average molecular weight is 245 g/mol. The first-order valence-corrected chi connectivity index (χ1v) is 5.83. The summed E-state index contributed by atoms with van der Waals surface area (Å²) in [5, 5.41) is 9.38. The van der Waals surface area contributed by atoms with E-state index in [1.165, 1.54) is 6.08 Å². The molecule has 0 aliphatic carbocycles. The Morgan fingerprint density at radius 1 is 0.895 bits per heavy atom. The number of nitrogens with zero attached hydrogens (tertiary/aromatic N) is 1. The Morgan fingerprint density at radius 2 is 1.42 bits per heavy atom. The van der Waals surface area contributed by atoms with Gasteiger partial charge in [0, 0.05) is 11.6 Å². The maximum absolute atomic E-state index is 10.7. The molecule has 0 N–H and O–H groups in total. The smallest absolute Gasteiger partial charge is 0.125 e. The summed E-state index contributed by atoms with van der Waals surface area (Å²) in [6.45, 7) is 0. The Labute approximate surface area is 111 Å². The molecule has 0 aliphatic rings. The van der Waals surface area contributed by atoms with Crippen molar-refractivity contribution in [2.45, 2.75) is 0 Å². The minimum Gasteiger partial charge on any atom is -0.233 e. The van der Waals surface area contributed by atoms with E-state index >= 15 is 0 Å². The number of nitriles is 1. The van der Waals surface area contributed by atoms with Gasteiger partial charge in [0.25, 0.3) is 0 Å². The molecule has 0 amide bonds. The van der Waals surface area contributed by atoms with E-state index in [-0.39, 0.29) is 0 Å². The third kappa shape index (κ3) is 2.87. The maximum Gasteiger partial charge on any atom is 0.125 e. The van der Waals surface area contributed by atoms with E-state index in [0.717, 1.165) is 11.1 Å². The van der Waals surface area contributed by atoms with Crippen LogP contribution in [0.5, 0.6) is 0 Å². The zero-order valence-electron chi connectivity index (χ0n) is 10.2. The second-order valence-corrected chi connectivity index (χ2v) is 3.89. The Morgan fingerprint density at radius 3 is 1.89 bits per heavy atom. The highest BCUT2D eigenvalue weighted by atomic mass is 16.1. The average Bonchev–Trinajstić information content (AvgIpc) is 2.49. The van der Waals surface area contributed by atoms with E-state index in [1.807, 2.05) is 60.7 Å². The molecular formula is C17H11NO. The molecule has 0 aliphatic heterocycles. The molecule has 0 atom stereocenters. The van der Waals surface area contributed by atoms with Crippen molar-refractivity contribution in [3.05, 3.63) is 77.9 Å². The molecule has 2 heteroatoms. The van der Waals surface area contributed by atoms with Gasteiger partial charge in [0.2, 0.25) is 0 Å². The molecule has 0 bridgehead atoms. The molecule has 90 valence electrons. The number of carbonyl (C=O) groups excluding carboxylic acids is 1. The van der Waals surface area contributed by atoms with Crippen molar-refractivity contribution in [3.63, 3.8) is 0 Å². The molecule has 0 saturated carbocycles. The van der Waals surface area contributed by atoms with Gasteiger partial charge in [-0.25, -0.2) is 4.79 Å². The van der Waals surface area contributed by atoms with Crippen molar-refractivity contribution in [1.82, 2.24) is 0 Å². The van der Waals surface area contributed by atoms with Crippen molar-refractivity contribution in [1.29, 1.82) is 5.26 Å². The topological polar surface area (TPSA) is 40.9 Å². The van der Waals surface area contributed by atoms with E-state index in [4.69, 9.17) is 0 Å². The Kier molecular flexibility index (Phi) is 4.08. The van der Waals surface area contributed by atoms with Gasteiger partial charge in [-0.2, -0.15) is 5.26 Å². The van der Waals surface area contributed by atoms with Gasteiger partial charge < -0.3 is 0 Å². The van der Waals surface area contributed by atoms with E-state index in [2.05, 4.69) is 6.07 Å². The second-order valence-electron chi connectivity index (χ2n) is 3.89. The second kappa shape index (κ2) is 6.16. The van der Waals surface area contributed by atoms with Crippen LogP contribution in [0.1, 0.15) is 11.1 Å². The lowest BCUT2D eigenvalue weighted by Crippen LogP contribution is -1.89. The van der Waals surface area contributed by atoms with Gasteiger partial charge in [-0.1, -0.05) is 60.7 Å². The van der Waals surface area contributed by atoms with Crippen molar-refractivity contribution >= 4 is 17.1 Å². The van der Waals surface area contributed by atoms with Crippen molar-refractivity contribution in [2.75, 3.05) is 0 Å². The summed E-state index contributed by atoms with van der Waals surface area (Å²) in [7, 11) is 0. The summed E-state index contributed by atoms with van der Waals surface area (Å²) < 4.78 is 0. The predicted octanol–water partition coefficient (Wildman–Crippen LogP) is 3.51. The number of hydrogen-bond donors (Lipinski definition) is 0. The van der Waals surface area contributed by atoms with Crippen LogP contribution in [-0.2, 0) is 4.79 Å². The first-order chi connectivity index (χ1) is 9.36. The van der Waals surface area contributed by atoms with Gasteiger partial charge in [-0.05, 0) is 11.1 Å². The molecule has 0 unspecified atom stereocenters. The SMILES string of the molecule is N#C/C(=C(/C=C=O)c1ccccc1)c1ccccc1. The molecule has 0 radical (unpaired) electrons. The number of rotatable bonds is 3. The zero-order valence-corrected chi connectivity index (χ0v) is 10.2. The van der Waals surface area contributed by atoms with Crippen molar-refractivity contribution in [3.8, 4) is 6.07 Å².